The molecule has 0 aliphatic heterocycles. The summed E-state index contributed by atoms with van der Waals surface area (Å²) in [6, 6.07) is 9.95. The summed E-state index contributed by atoms with van der Waals surface area (Å²) in [5, 5.41) is 2.76. The van der Waals surface area contributed by atoms with E-state index in [1.54, 1.807) is 18.2 Å². The Morgan fingerprint density at radius 3 is 2.41 bits per heavy atom. The van der Waals surface area contributed by atoms with E-state index >= 15 is 0 Å². The van der Waals surface area contributed by atoms with Gasteiger partial charge in [0.2, 0.25) is 0 Å². The summed E-state index contributed by atoms with van der Waals surface area (Å²) in [6.07, 6.45) is 0. The summed E-state index contributed by atoms with van der Waals surface area (Å²) in [5.74, 6) is -0.0430. The van der Waals surface area contributed by atoms with Crippen molar-refractivity contribution < 1.29 is 18.7 Å². The highest BCUT2D eigenvalue weighted by Gasteiger charge is 2.12. The molecular formula is C17H18FNO3. The monoisotopic (exact) mass is 303 g/mol. The number of benzene rings is 2. The molecule has 0 aliphatic rings. The van der Waals surface area contributed by atoms with Gasteiger partial charge in [-0.15, -0.1) is 0 Å². The molecule has 2 aromatic carbocycles. The molecule has 0 radical (unpaired) electrons. The predicted octanol–water partition coefficient (Wildman–Crippen LogP) is 3.08. The summed E-state index contributed by atoms with van der Waals surface area (Å²) in [6.45, 7) is 2.12. The normalized spacial score (nSPS) is 10.2. The average molecular weight is 303 g/mol. The van der Waals surface area contributed by atoms with Crippen molar-refractivity contribution in [3.8, 4) is 11.5 Å². The molecule has 0 bridgehead atoms. The van der Waals surface area contributed by atoms with Crippen LogP contribution in [-0.4, -0.2) is 20.1 Å². The van der Waals surface area contributed by atoms with Crippen molar-refractivity contribution in [3.05, 3.63) is 58.9 Å². The second kappa shape index (κ2) is 6.93. The molecule has 0 heterocycles. The Kier molecular flexibility index (Phi) is 4.99. The zero-order chi connectivity index (χ0) is 16.1. The zero-order valence-electron chi connectivity index (χ0n) is 12.8. The van der Waals surface area contributed by atoms with Crippen LogP contribution in [0, 0.1) is 12.7 Å². The lowest BCUT2D eigenvalue weighted by Gasteiger charge is -2.11. The lowest BCUT2D eigenvalue weighted by Crippen LogP contribution is -2.23. The average Bonchev–Trinajstić information content (AvgIpc) is 2.52. The van der Waals surface area contributed by atoms with E-state index < -0.39 is 5.82 Å². The summed E-state index contributed by atoms with van der Waals surface area (Å²) in [7, 11) is 2.92. The van der Waals surface area contributed by atoms with E-state index in [0.29, 0.717) is 16.9 Å². The van der Waals surface area contributed by atoms with Crippen molar-refractivity contribution >= 4 is 5.91 Å². The third kappa shape index (κ3) is 3.55. The lowest BCUT2D eigenvalue weighted by molar-refractivity contribution is 0.0947. The topological polar surface area (TPSA) is 47.6 Å². The van der Waals surface area contributed by atoms with Gasteiger partial charge >= 0.3 is 0 Å². The van der Waals surface area contributed by atoms with Crippen molar-refractivity contribution in [1.82, 2.24) is 5.32 Å². The minimum Gasteiger partial charge on any atom is -0.496 e. The first-order valence-electron chi connectivity index (χ1n) is 6.80. The molecule has 5 heteroatoms. The Labute approximate surface area is 128 Å². The summed E-state index contributed by atoms with van der Waals surface area (Å²) < 4.78 is 23.7. The third-order valence-electron chi connectivity index (χ3n) is 3.27. The third-order valence-corrected chi connectivity index (χ3v) is 3.27. The summed E-state index contributed by atoms with van der Waals surface area (Å²) >= 11 is 0. The molecule has 1 N–H and O–H groups in total. The lowest BCUT2D eigenvalue weighted by atomic mass is 10.1. The number of nitrogens with one attached hydrogen (secondary N) is 1. The maximum atomic E-state index is 13.6. The van der Waals surface area contributed by atoms with Crippen molar-refractivity contribution in [1.29, 1.82) is 0 Å². The number of halogens is 1. The summed E-state index contributed by atoms with van der Waals surface area (Å²) in [4.78, 5) is 12.2. The van der Waals surface area contributed by atoms with Crippen molar-refractivity contribution in [2.75, 3.05) is 14.2 Å². The molecule has 0 aliphatic carbocycles. The van der Waals surface area contributed by atoms with Crippen LogP contribution in [0.1, 0.15) is 21.5 Å². The standard InChI is InChI=1S/C17H18FNO3/c1-11-4-6-15(21-2)13(8-11)17(20)19-10-12-5-7-16(22-3)14(18)9-12/h4-9H,10H2,1-3H3,(H,19,20). The molecule has 2 rings (SSSR count). The fraction of sp³-hybridized carbons (Fsp3) is 0.235. The smallest absolute Gasteiger partial charge is 0.255 e. The zero-order valence-corrected chi connectivity index (χ0v) is 12.8. The number of carbonyl (C=O) groups excluding carboxylic acids is 1. The van der Waals surface area contributed by atoms with Gasteiger partial charge in [-0.2, -0.15) is 0 Å². The molecule has 1 amide bonds. The van der Waals surface area contributed by atoms with E-state index in [-0.39, 0.29) is 18.2 Å². The van der Waals surface area contributed by atoms with Gasteiger partial charge in [-0.1, -0.05) is 17.7 Å². The fourth-order valence-corrected chi connectivity index (χ4v) is 2.10. The first-order valence-corrected chi connectivity index (χ1v) is 6.80. The minimum absolute atomic E-state index is 0.176. The molecular weight excluding hydrogens is 285 g/mol. The van der Waals surface area contributed by atoms with Crippen LogP contribution >= 0.6 is 0 Å². The van der Waals surface area contributed by atoms with Crippen molar-refractivity contribution in [2.45, 2.75) is 13.5 Å². The molecule has 0 unspecified atom stereocenters. The second-order valence-electron chi connectivity index (χ2n) is 4.86. The highest BCUT2D eigenvalue weighted by Crippen LogP contribution is 2.20. The Balaban J connectivity index is 2.10. The quantitative estimate of drug-likeness (QED) is 0.923. The maximum absolute atomic E-state index is 13.6. The van der Waals surface area contributed by atoms with Gasteiger partial charge in [-0.3, -0.25) is 4.79 Å². The number of methoxy groups -OCH3 is 2. The molecule has 2 aromatic rings. The van der Waals surface area contributed by atoms with Gasteiger partial charge in [0, 0.05) is 6.54 Å². The van der Waals surface area contributed by atoms with Gasteiger partial charge in [0.05, 0.1) is 19.8 Å². The molecule has 0 aromatic heterocycles. The van der Waals surface area contributed by atoms with E-state index in [1.165, 1.54) is 26.4 Å². The highest BCUT2D eigenvalue weighted by molar-refractivity contribution is 5.97. The number of hydrogen-bond acceptors (Lipinski definition) is 3. The van der Waals surface area contributed by atoms with E-state index in [9.17, 15) is 9.18 Å². The van der Waals surface area contributed by atoms with Crippen LogP contribution in [-0.2, 0) is 6.54 Å². The van der Waals surface area contributed by atoms with Crippen LogP contribution in [0.2, 0.25) is 0 Å². The molecule has 0 saturated heterocycles. The minimum atomic E-state index is -0.456. The Morgan fingerprint density at radius 1 is 1.09 bits per heavy atom. The van der Waals surface area contributed by atoms with Crippen LogP contribution in [0.5, 0.6) is 11.5 Å². The van der Waals surface area contributed by atoms with Gasteiger partial charge in [-0.25, -0.2) is 4.39 Å². The van der Waals surface area contributed by atoms with Gasteiger partial charge in [0.15, 0.2) is 11.6 Å². The van der Waals surface area contributed by atoms with E-state index in [0.717, 1.165) is 5.56 Å². The highest BCUT2D eigenvalue weighted by atomic mass is 19.1. The first kappa shape index (κ1) is 15.8. The van der Waals surface area contributed by atoms with Crippen molar-refractivity contribution in [3.63, 3.8) is 0 Å². The van der Waals surface area contributed by atoms with E-state index in [1.807, 2.05) is 13.0 Å². The molecule has 0 saturated carbocycles. The van der Waals surface area contributed by atoms with E-state index in [2.05, 4.69) is 5.32 Å². The van der Waals surface area contributed by atoms with Gasteiger partial charge < -0.3 is 14.8 Å². The molecule has 0 fully saturated rings. The van der Waals surface area contributed by atoms with Crippen LogP contribution in [0.4, 0.5) is 4.39 Å². The van der Waals surface area contributed by atoms with Gasteiger partial charge in [0.25, 0.3) is 5.91 Å². The molecule has 4 nitrogen and oxygen atoms in total. The molecule has 22 heavy (non-hydrogen) atoms. The van der Waals surface area contributed by atoms with E-state index in [4.69, 9.17) is 9.47 Å². The Bertz CT molecular complexity index is 686. The molecule has 0 atom stereocenters. The number of ether oxygens (including phenoxy) is 2. The van der Waals surface area contributed by atoms with Gasteiger partial charge in [0.1, 0.15) is 5.75 Å². The molecule has 0 spiro atoms. The SMILES string of the molecule is COc1ccc(CNC(=O)c2cc(C)ccc2OC)cc1F. The summed E-state index contributed by atoms with van der Waals surface area (Å²) in [5.41, 5.74) is 2.07. The first-order chi connectivity index (χ1) is 10.5. The largest absolute Gasteiger partial charge is 0.496 e. The van der Waals surface area contributed by atoms with Crippen LogP contribution in [0.15, 0.2) is 36.4 Å². The number of hydrogen-bond donors (Lipinski definition) is 1. The maximum Gasteiger partial charge on any atom is 0.255 e. The van der Waals surface area contributed by atoms with Crippen LogP contribution in [0.25, 0.3) is 0 Å². The van der Waals surface area contributed by atoms with Crippen LogP contribution < -0.4 is 14.8 Å². The second-order valence-corrected chi connectivity index (χ2v) is 4.86. The predicted molar refractivity (Wildman–Crippen MR) is 81.9 cm³/mol. The number of amides is 1. The molecule has 116 valence electrons. The Morgan fingerprint density at radius 2 is 1.77 bits per heavy atom. The Hall–Kier alpha value is -2.56. The number of aryl methyl sites for hydroxylation is 1. The number of rotatable bonds is 5. The van der Waals surface area contributed by atoms with Gasteiger partial charge in [-0.05, 0) is 36.8 Å². The fourth-order valence-electron chi connectivity index (χ4n) is 2.10. The van der Waals surface area contributed by atoms with Crippen LogP contribution in [0.3, 0.4) is 0 Å². The van der Waals surface area contributed by atoms with Crippen molar-refractivity contribution in [2.24, 2.45) is 0 Å². The number of carbonyl (C=O) groups is 1.